The summed E-state index contributed by atoms with van der Waals surface area (Å²) in [7, 11) is 0. The summed E-state index contributed by atoms with van der Waals surface area (Å²) in [6, 6.07) is 19.2. The van der Waals surface area contributed by atoms with E-state index in [4.69, 9.17) is 5.73 Å². The Balaban J connectivity index is 1.78. The molecule has 6 nitrogen and oxygen atoms in total. The molecule has 4 rings (SSSR count). The maximum atomic E-state index is 12.4. The average Bonchev–Trinajstić information content (AvgIpc) is 2.86. The van der Waals surface area contributed by atoms with Gasteiger partial charge in [-0.05, 0) is 84.8 Å². The fourth-order valence-corrected chi connectivity index (χ4v) is 5.89. The van der Waals surface area contributed by atoms with E-state index in [9.17, 15) is 15.0 Å². The molecule has 0 aliphatic carbocycles. The minimum Gasteiger partial charge on any atom is -0.508 e. The summed E-state index contributed by atoms with van der Waals surface area (Å²) < 4.78 is 0. The normalized spacial score (nSPS) is 19.6. The van der Waals surface area contributed by atoms with E-state index in [0.29, 0.717) is 12.0 Å². The summed E-state index contributed by atoms with van der Waals surface area (Å²) in [5.74, 6) is 0.106. The van der Waals surface area contributed by atoms with Gasteiger partial charge < -0.3 is 15.9 Å². The molecule has 0 saturated carbocycles. The number of phenolic OH excluding ortho intramolecular Hbond substituents is 2. The molecule has 37 heavy (non-hydrogen) atoms. The number of nitrogens with zero attached hydrogens (tertiary/aromatic N) is 2. The topological polar surface area (TPSA) is 90.0 Å². The smallest absolute Gasteiger partial charge is 0.248 e. The molecular weight excluding hydrogens is 462 g/mol. The van der Waals surface area contributed by atoms with E-state index in [1.807, 2.05) is 36.4 Å². The number of hydrogen-bond acceptors (Lipinski definition) is 5. The van der Waals surface area contributed by atoms with Crippen molar-refractivity contribution in [1.82, 2.24) is 9.80 Å². The Hall–Kier alpha value is -3.35. The number of rotatable bonds is 8. The van der Waals surface area contributed by atoms with Crippen molar-refractivity contribution in [3.8, 4) is 11.5 Å². The zero-order chi connectivity index (χ0) is 26.7. The van der Waals surface area contributed by atoms with E-state index >= 15 is 0 Å². The van der Waals surface area contributed by atoms with Crippen molar-refractivity contribution in [3.63, 3.8) is 0 Å². The highest BCUT2D eigenvalue weighted by Gasteiger charge is 2.37. The molecule has 1 fully saturated rings. The second-order valence-corrected chi connectivity index (χ2v) is 10.2. The fraction of sp³-hybridized carbons (Fsp3) is 0.387. The lowest BCUT2D eigenvalue weighted by Crippen LogP contribution is -2.57. The second-order valence-electron chi connectivity index (χ2n) is 10.2. The van der Waals surface area contributed by atoms with Crippen LogP contribution >= 0.6 is 0 Å². The van der Waals surface area contributed by atoms with E-state index < -0.39 is 5.91 Å². The number of carbonyl (C=O) groups is 1. The third-order valence-electron chi connectivity index (χ3n) is 7.70. The van der Waals surface area contributed by atoms with Gasteiger partial charge in [0.25, 0.3) is 0 Å². The van der Waals surface area contributed by atoms with Crippen molar-refractivity contribution in [3.05, 3.63) is 94.0 Å². The molecule has 196 valence electrons. The molecule has 3 aromatic carbocycles. The molecular formula is C31H39N3O3. The Kier molecular flexibility index (Phi) is 8.20. The molecule has 1 saturated heterocycles. The largest absolute Gasteiger partial charge is 0.508 e. The summed E-state index contributed by atoms with van der Waals surface area (Å²) in [6.45, 7) is 11.1. The van der Waals surface area contributed by atoms with Crippen molar-refractivity contribution in [2.24, 2.45) is 5.73 Å². The SMILES string of the molecule is CCc1ccc(C(N)=O)c(CC)c1[C@@H](c1cccc(O)c1)N1C[C@@H](C)N(Cc2cccc(O)c2)C[C@@H]1C. The van der Waals surface area contributed by atoms with Crippen LogP contribution in [0.25, 0.3) is 0 Å². The molecule has 0 aromatic heterocycles. The number of amides is 1. The molecule has 6 heteroatoms. The van der Waals surface area contributed by atoms with Crippen LogP contribution in [0.1, 0.15) is 71.9 Å². The van der Waals surface area contributed by atoms with Crippen LogP contribution < -0.4 is 5.73 Å². The Labute approximate surface area is 220 Å². The molecule has 0 bridgehead atoms. The van der Waals surface area contributed by atoms with Crippen LogP contribution in [0.15, 0.2) is 60.7 Å². The summed E-state index contributed by atoms with van der Waals surface area (Å²) in [4.78, 5) is 17.4. The number of primary amides is 1. The molecule has 4 N–H and O–H groups in total. The Morgan fingerprint density at radius 1 is 0.946 bits per heavy atom. The number of piperazine rings is 1. The maximum Gasteiger partial charge on any atom is 0.248 e. The Morgan fingerprint density at radius 3 is 2.27 bits per heavy atom. The second kappa shape index (κ2) is 11.4. The predicted octanol–water partition coefficient (Wildman–Crippen LogP) is 5.01. The summed E-state index contributed by atoms with van der Waals surface area (Å²) >= 11 is 0. The van der Waals surface area contributed by atoms with E-state index in [0.717, 1.165) is 48.3 Å². The number of nitrogens with two attached hydrogens (primary N) is 1. The molecule has 3 atom stereocenters. The molecule has 3 aromatic rings. The van der Waals surface area contributed by atoms with Gasteiger partial charge in [0.15, 0.2) is 0 Å². The van der Waals surface area contributed by atoms with Crippen molar-refractivity contribution in [2.75, 3.05) is 13.1 Å². The van der Waals surface area contributed by atoms with Crippen LogP contribution in [0.3, 0.4) is 0 Å². The summed E-state index contributed by atoms with van der Waals surface area (Å²) in [5.41, 5.74) is 11.8. The van der Waals surface area contributed by atoms with Gasteiger partial charge in [0.1, 0.15) is 11.5 Å². The number of hydrogen-bond donors (Lipinski definition) is 3. The lowest BCUT2D eigenvalue weighted by atomic mass is 9.83. The maximum absolute atomic E-state index is 12.4. The summed E-state index contributed by atoms with van der Waals surface area (Å²) in [5, 5.41) is 20.4. The van der Waals surface area contributed by atoms with E-state index in [-0.39, 0.29) is 29.6 Å². The van der Waals surface area contributed by atoms with Gasteiger partial charge in [-0.2, -0.15) is 0 Å². The highest BCUT2D eigenvalue weighted by Crippen LogP contribution is 2.39. The summed E-state index contributed by atoms with van der Waals surface area (Å²) in [6.07, 6.45) is 1.52. The number of carbonyl (C=O) groups excluding carboxylic acids is 1. The van der Waals surface area contributed by atoms with Crippen LogP contribution in [-0.2, 0) is 19.4 Å². The minimum absolute atomic E-state index is 0.128. The van der Waals surface area contributed by atoms with Crippen LogP contribution in [-0.4, -0.2) is 51.1 Å². The number of benzene rings is 3. The molecule has 0 radical (unpaired) electrons. The molecule has 1 aliphatic rings. The van der Waals surface area contributed by atoms with Gasteiger partial charge in [-0.15, -0.1) is 0 Å². The fourth-order valence-electron chi connectivity index (χ4n) is 5.89. The van der Waals surface area contributed by atoms with Gasteiger partial charge in [0.05, 0.1) is 6.04 Å². The van der Waals surface area contributed by atoms with Gasteiger partial charge in [0, 0.05) is 37.3 Å². The number of aryl methyl sites for hydroxylation is 1. The van der Waals surface area contributed by atoms with Gasteiger partial charge >= 0.3 is 0 Å². The molecule has 1 heterocycles. The highest BCUT2D eigenvalue weighted by molar-refractivity contribution is 5.95. The molecule has 1 aliphatic heterocycles. The Bertz CT molecular complexity index is 1260. The van der Waals surface area contributed by atoms with Crippen LogP contribution in [0.2, 0.25) is 0 Å². The van der Waals surface area contributed by atoms with Crippen molar-refractivity contribution >= 4 is 5.91 Å². The first-order chi connectivity index (χ1) is 17.7. The van der Waals surface area contributed by atoms with Crippen LogP contribution in [0.4, 0.5) is 0 Å². The lowest BCUT2D eigenvalue weighted by Gasteiger charge is -2.48. The van der Waals surface area contributed by atoms with Gasteiger partial charge in [-0.25, -0.2) is 0 Å². The van der Waals surface area contributed by atoms with Gasteiger partial charge in [-0.1, -0.05) is 44.2 Å². The third kappa shape index (κ3) is 5.65. The van der Waals surface area contributed by atoms with Crippen LogP contribution in [0.5, 0.6) is 11.5 Å². The van der Waals surface area contributed by atoms with Crippen LogP contribution in [0, 0.1) is 0 Å². The molecule has 0 spiro atoms. The minimum atomic E-state index is -0.409. The monoisotopic (exact) mass is 501 g/mol. The van der Waals surface area contributed by atoms with E-state index in [2.05, 4.69) is 49.6 Å². The Morgan fingerprint density at radius 2 is 1.65 bits per heavy atom. The highest BCUT2D eigenvalue weighted by atomic mass is 16.3. The first-order valence-corrected chi connectivity index (χ1v) is 13.2. The number of phenols is 2. The van der Waals surface area contributed by atoms with Gasteiger partial charge in [0.2, 0.25) is 5.91 Å². The zero-order valence-corrected chi connectivity index (χ0v) is 22.3. The standard InChI is InChI=1S/C31H39N3O3/c1-5-23-13-14-28(31(32)37)27(6-2)29(23)30(24-10-8-12-26(36)16-24)34-18-20(3)33(17-21(34)4)19-22-9-7-11-25(35)15-22/h7-16,20-21,30,35-36H,5-6,17-19H2,1-4H3,(H2,32,37)/t20-,21+,30-/m1/s1. The first kappa shape index (κ1) is 26.7. The predicted molar refractivity (Wildman–Crippen MR) is 148 cm³/mol. The van der Waals surface area contributed by atoms with Crippen molar-refractivity contribution in [1.29, 1.82) is 0 Å². The zero-order valence-electron chi connectivity index (χ0n) is 22.3. The van der Waals surface area contributed by atoms with Crippen molar-refractivity contribution < 1.29 is 15.0 Å². The molecule has 1 amide bonds. The van der Waals surface area contributed by atoms with E-state index in [1.54, 1.807) is 12.1 Å². The van der Waals surface area contributed by atoms with E-state index in [1.165, 1.54) is 5.56 Å². The quantitative estimate of drug-likeness (QED) is 0.404. The molecule has 0 unspecified atom stereocenters. The third-order valence-corrected chi connectivity index (χ3v) is 7.70. The average molecular weight is 502 g/mol. The van der Waals surface area contributed by atoms with Crippen molar-refractivity contribution in [2.45, 2.75) is 65.2 Å². The number of aromatic hydroxyl groups is 2. The first-order valence-electron chi connectivity index (χ1n) is 13.2. The lowest BCUT2D eigenvalue weighted by molar-refractivity contribution is 0.0191. The van der Waals surface area contributed by atoms with Gasteiger partial charge in [-0.3, -0.25) is 14.6 Å².